The lowest BCUT2D eigenvalue weighted by Crippen LogP contribution is -2.40. The molecule has 1 fully saturated rings. The maximum Gasteiger partial charge on any atom is 0.274 e. The second-order valence-corrected chi connectivity index (χ2v) is 6.19. The van der Waals surface area contributed by atoms with Gasteiger partial charge in [0.05, 0.1) is 12.2 Å². The summed E-state index contributed by atoms with van der Waals surface area (Å²) in [5.41, 5.74) is -0.0588. The van der Waals surface area contributed by atoms with Crippen LogP contribution in [0.25, 0.3) is 5.69 Å². The van der Waals surface area contributed by atoms with Crippen LogP contribution in [0.15, 0.2) is 41.2 Å². The zero-order valence-corrected chi connectivity index (χ0v) is 14.4. The highest BCUT2D eigenvalue weighted by atomic mass is 19.1. The Bertz CT molecular complexity index is 873. The van der Waals surface area contributed by atoms with Gasteiger partial charge in [0.1, 0.15) is 11.5 Å². The highest BCUT2D eigenvalue weighted by Crippen LogP contribution is 2.09. The van der Waals surface area contributed by atoms with Gasteiger partial charge in [-0.25, -0.2) is 4.39 Å². The minimum atomic E-state index is -0.464. The van der Waals surface area contributed by atoms with Crippen LogP contribution >= 0.6 is 0 Å². The molecule has 1 aromatic carbocycles. The number of rotatable bonds is 4. The van der Waals surface area contributed by atoms with Gasteiger partial charge < -0.3 is 9.80 Å². The molecule has 8 heteroatoms. The molecule has 1 aromatic heterocycles. The predicted molar refractivity (Wildman–Crippen MR) is 92.6 cm³/mol. The van der Waals surface area contributed by atoms with Crippen molar-refractivity contribution < 1.29 is 14.0 Å². The number of carbonyl (C=O) groups excluding carboxylic acids is 2. The highest BCUT2D eigenvalue weighted by Gasteiger charge is 2.22. The zero-order chi connectivity index (χ0) is 18.7. The van der Waals surface area contributed by atoms with Gasteiger partial charge in [-0.3, -0.25) is 14.4 Å². The van der Waals surface area contributed by atoms with Crippen LogP contribution in [-0.2, 0) is 4.79 Å². The second-order valence-electron chi connectivity index (χ2n) is 6.19. The van der Waals surface area contributed by atoms with Crippen molar-refractivity contribution in [3.63, 3.8) is 0 Å². The molecule has 0 N–H and O–H groups in total. The third-order valence-corrected chi connectivity index (χ3v) is 4.27. The number of hydrogen-bond donors (Lipinski definition) is 0. The largest absolute Gasteiger partial charge is 0.341 e. The van der Waals surface area contributed by atoms with Gasteiger partial charge in [0.25, 0.3) is 11.5 Å². The third-order valence-electron chi connectivity index (χ3n) is 4.27. The Hall–Kier alpha value is -3.03. The van der Waals surface area contributed by atoms with Gasteiger partial charge in [-0.05, 0) is 43.2 Å². The molecule has 7 nitrogen and oxygen atoms in total. The Labute approximate surface area is 149 Å². The smallest absolute Gasteiger partial charge is 0.274 e. The number of aromatic nitrogens is 2. The Morgan fingerprint density at radius 3 is 2.42 bits per heavy atom. The Morgan fingerprint density at radius 1 is 1.12 bits per heavy atom. The van der Waals surface area contributed by atoms with Gasteiger partial charge in [0, 0.05) is 26.2 Å². The Morgan fingerprint density at radius 2 is 1.77 bits per heavy atom. The summed E-state index contributed by atoms with van der Waals surface area (Å²) < 4.78 is 14.1. The quantitative estimate of drug-likeness (QED) is 0.819. The van der Waals surface area contributed by atoms with Crippen LogP contribution in [0.3, 0.4) is 0 Å². The van der Waals surface area contributed by atoms with E-state index in [0.717, 1.165) is 17.5 Å². The molecule has 0 aliphatic carbocycles. The van der Waals surface area contributed by atoms with Crippen LogP contribution < -0.4 is 5.56 Å². The van der Waals surface area contributed by atoms with Crippen LogP contribution in [0, 0.1) is 5.82 Å². The minimum Gasteiger partial charge on any atom is -0.341 e. The van der Waals surface area contributed by atoms with Crippen LogP contribution in [0.5, 0.6) is 0 Å². The summed E-state index contributed by atoms with van der Waals surface area (Å²) in [6.45, 7) is 1.39. The summed E-state index contributed by atoms with van der Waals surface area (Å²) in [6.07, 6.45) is 1.96. The van der Waals surface area contributed by atoms with E-state index in [4.69, 9.17) is 0 Å². The molecular weight excluding hydrogens is 339 g/mol. The molecule has 3 rings (SSSR count). The number of nitrogens with zero attached hydrogens (tertiary/aromatic N) is 4. The summed E-state index contributed by atoms with van der Waals surface area (Å²) in [4.78, 5) is 39.8. The molecule has 0 bridgehead atoms. The van der Waals surface area contributed by atoms with E-state index in [-0.39, 0.29) is 18.1 Å². The van der Waals surface area contributed by atoms with Crippen LogP contribution in [0.1, 0.15) is 23.3 Å². The summed E-state index contributed by atoms with van der Waals surface area (Å²) >= 11 is 0. The van der Waals surface area contributed by atoms with E-state index in [9.17, 15) is 18.8 Å². The fraction of sp³-hybridized carbons (Fsp3) is 0.333. The van der Waals surface area contributed by atoms with Gasteiger partial charge in [-0.15, -0.1) is 0 Å². The predicted octanol–water partition coefficient (Wildman–Crippen LogP) is 1.07. The number of halogens is 1. The molecule has 0 spiro atoms. The molecule has 0 unspecified atom stereocenters. The molecule has 1 aliphatic heterocycles. The molecule has 26 heavy (non-hydrogen) atoms. The SMILES string of the molecule is CN(CC(=O)N1CCCC1)C(=O)c1ccc(=O)n(-c2ccc(F)cc2)n1. The molecule has 2 amide bonds. The summed E-state index contributed by atoms with van der Waals surface area (Å²) in [7, 11) is 1.52. The number of benzene rings is 1. The highest BCUT2D eigenvalue weighted by molar-refractivity contribution is 5.94. The second kappa shape index (κ2) is 7.47. The maximum atomic E-state index is 13.1. The average Bonchev–Trinajstić information content (AvgIpc) is 3.17. The molecular formula is C18H19FN4O3. The van der Waals surface area contributed by atoms with Crippen molar-refractivity contribution in [1.82, 2.24) is 19.6 Å². The van der Waals surface area contributed by atoms with Crippen molar-refractivity contribution in [3.05, 3.63) is 58.3 Å². The lowest BCUT2D eigenvalue weighted by atomic mass is 10.3. The van der Waals surface area contributed by atoms with E-state index in [0.29, 0.717) is 18.8 Å². The van der Waals surface area contributed by atoms with Crippen molar-refractivity contribution in [2.75, 3.05) is 26.7 Å². The third kappa shape index (κ3) is 3.79. The van der Waals surface area contributed by atoms with E-state index in [1.165, 1.54) is 48.3 Å². The van der Waals surface area contributed by atoms with E-state index in [2.05, 4.69) is 5.10 Å². The summed E-state index contributed by atoms with van der Waals surface area (Å²) in [5.74, 6) is -1.01. The molecule has 0 saturated carbocycles. The molecule has 2 heterocycles. The van der Waals surface area contributed by atoms with Gasteiger partial charge >= 0.3 is 0 Å². The summed E-state index contributed by atoms with van der Waals surface area (Å²) in [6, 6.07) is 7.76. The van der Waals surface area contributed by atoms with Gasteiger partial charge in [-0.2, -0.15) is 9.78 Å². The normalized spacial score (nSPS) is 13.7. The number of amides is 2. The Kier molecular flexibility index (Phi) is 5.11. The maximum absolute atomic E-state index is 13.1. The zero-order valence-electron chi connectivity index (χ0n) is 14.4. The van der Waals surface area contributed by atoms with Crippen molar-refractivity contribution in [3.8, 4) is 5.69 Å². The van der Waals surface area contributed by atoms with Gasteiger partial charge in [0.2, 0.25) is 5.91 Å². The lowest BCUT2D eigenvalue weighted by molar-refractivity contribution is -0.130. The van der Waals surface area contributed by atoms with E-state index >= 15 is 0 Å². The first-order valence-corrected chi connectivity index (χ1v) is 8.35. The number of likely N-dealkylation sites (N-methyl/N-ethyl adjacent to an activating group) is 1. The fourth-order valence-electron chi connectivity index (χ4n) is 2.83. The first kappa shape index (κ1) is 17.8. The van der Waals surface area contributed by atoms with Crippen LogP contribution in [0.4, 0.5) is 4.39 Å². The molecule has 1 aliphatic rings. The van der Waals surface area contributed by atoms with E-state index < -0.39 is 17.3 Å². The number of hydrogen-bond acceptors (Lipinski definition) is 4. The molecule has 0 atom stereocenters. The first-order valence-electron chi connectivity index (χ1n) is 8.35. The van der Waals surface area contributed by atoms with Crippen molar-refractivity contribution >= 4 is 11.8 Å². The molecule has 2 aromatic rings. The van der Waals surface area contributed by atoms with Crippen molar-refractivity contribution in [2.45, 2.75) is 12.8 Å². The lowest BCUT2D eigenvalue weighted by Gasteiger charge is -2.21. The average molecular weight is 358 g/mol. The standard InChI is InChI=1S/C18H19FN4O3/c1-21(12-17(25)22-10-2-3-11-22)18(26)15-8-9-16(24)23(20-15)14-6-4-13(19)5-7-14/h4-9H,2-3,10-12H2,1H3. The Balaban J connectivity index is 1.78. The molecule has 0 radical (unpaired) electrons. The van der Waals surface area contributed by atoms with Crippen molar-refractivity contribution in [1.29, 1.82) is 0 Å². The van der Waals surface area contributed by atoms with Gasteiger partial charge in [-0.1, -0.05) is 0 Å². The van der Waals surface area contributed by atoms with Crippen LogP contribution in [0.2, 0.25) is 0 Å². The van der Waals surface area contributed by atoms with E-state index in [1.54, 1.807) is 4.90 Å². The topological polar surface area (TPSA) is 75.5 Å². The van der Waals surface area contributed by atoms with Crippen molar-refractivity contribution in [2.24, 2.45) is 0 Å². The fourth-order valence-corrected chi connectivity index (χ4v) is 2.83. The minimum absolute atomic E-state index is 0.0330. The molecule has 1 saturated heterocycles. The first-order chi connectivity index (χ1) is 12.5. The summed E-state index contributed by atoms with van der Waals surface area (Å²) in [5, 5.41) is 4.06. The monoisotopic (exact) mass is 358 g/mol. The van der Waals surface area contributed by atoms with Crippen LogP contribution in [-0.4, -0.2) is 58.1 Å². The number of carbonyl (C=O) groups is 2. The molecule has 136 valence electrons. The van der Waals surface area contributed by atoms with E-state index in [1.807, 2.05) is 0 Å². The number of likely N-dealkylation sites (tertiary alicyclic amines) is 1. The van der Waals surface area contributed by atoms with Gasteiger partial charge in [0.15, 0.2) is 0 Å².